The first-order valence-corrected chi connectivity index (χ1v) is 20.3. The van der Waals surface area contributed by atoms with Crippen molar-refractivity contribution in [1.82, 2.24) is 14.1 Å². The molecule has 13 rings (SSSR count). The van der Waals surface area contributed by atoms with E-state index >= 15 is 0 Å². The van der Waals surface area contributed by atoms with Crippen molar-refractivity contribution in [3.8, 4) is 45.0 Å². The van der Waals surface area contributed by atoms with Crippen LogP contribution in [0.1, 0.15) is 0 Å². The molecule has 9 aromatic carbocycles. The summed E-state index contributed by atoms with van der Waals surface area (Å²) in [4.78, 5) is 5.15. The minimum Gasteiger partial charge on any atom is -0.456 e. The molecule has 0 aliphatic carbocycles. The average molecular weight is 768 g/mol. The predicted octanol–water partition coefficient (Wildman–Crippen LogP) is 14.9. The number of nitrogens with zero attached hydrogens (tertiary/aromatic N) is 3. The fraction of sp³-hybridized carbons (Fsp3) is 0. The maximum absolute atomic E-state index is 6.58. The molecule has 0 bridgehead atoms. The number of rotatable bonds is 5. The summed E-state index contributed by atoms with van der Waals surface area (Å²) in [5.74, 6) is 0.895. The molecule has 0 spiro atoms. The Bertz CT molecular complexity index is 3830. The third-order valence-corrected chi connectivity index (χ3v) is 12.1. The van der Waals surface area contributed by atoms with E-state index in [1.165, 1.54) is 10.8 Å². The van der Waals surface area contributed by atoms with Gasteiger partial charge in [-0.1, -0.05) is 115 Å². The van der Waals surface area contributed by atoms with Crippen molar-refractivity contribution in [2.45, 2.75) is 0 Å². The summed E-state index contributed by atoms with van der Waals surface area (Å²) in [5.41, 5.74) is 15.6. The van der Waals surface area contributed by atoms with Crippen LogP contribution in [0.15, 0.2) is 209 Å². The van der Waals surface area contributed by atoms with E-state index in [2.05, 4.69) is 185 Å². The molecule has 0 saturated heterocycles. The lowest BCUT2D eigenvalue weighted by molar-refractivity contribution is 0.668. The SMILES string of the molecule is c1ccc(-c2nc3ccccc3n2-c2cccc3oc4ccc(-c5ccc6c(c5)c5cc(-c7cccc8oc9ccccc9c78)ccc5n6-c5ccccc5)cc4c23)cc1. The summed E-state index contributed by atoms with van der Waals surface area (Å²) in [5, 5.41) is 6.76. The van der Waals surface area contributed by atoms with Gasteiger partial charge in [-0.05, 0) is 107 Å². The number of hydrogen-bond donors (Lipinski definition) is 0. The van der Waals surface area contributed by atoms with Crippen molar-refractivity contribution in [1.29, 1.82) is 0 Å². The van der Waals surface area contributed by atoms with Gasteiger partial charge in [0.2, 0.25) is 0 Å². The molecule has 0 aliphatic rings. The highest BCUT2D eigenvalue weighted by Crippen LogP contribution is 2.43. The number of aromatic nitrogens is 3. The Morgan fingerprint density at radius 3 is 1.77 bits per heavy atom. The van der Waals surface area contributed by atoms with Gasteiger partial charge in [-0.3, -0.25) is 4.57 Å². The van der Waals surface area contributed by atoms with Crippen LogP contribution in [0.25, 0.3) is 122 Å². The van der Waals surface area contributed by atoms with Crippen LogP contribution < -0.4 is 0 Å². The van der Waals surface area contributed by atoms with Crippen LogP contribution in [0.4, 0.5) is 0 Å². The van der Waals surface area contributed by atoms with Gasteiger partial charge < -0.3 is 13.4 Å². The zero-order valence-electron chi connectivity index (χ0n) is 32.2. The van der Waals surface area contributed by atoms with Gasteiger partial charge >= 0.3 is 0 Å². The number of imidazole rings is 1. The van der Waals surface area contributed by atoms with Crippen LogP contribution in [0.3, 0.4) is 0 Å². The predicted molar refractivity (Wildman–Crippen MR) is 246 cm³/mol. The van der Waals surface area contributed by atoms with Crippen molar-refractivity contribution in [2.24, 2.45) is 0 Å². The van der Waals surface area contributed by atoms with Crippen molar-refractivity contribution in [3.05, 3.63) is 200 Å². The number of hydrogen-bond acceptors (Lipinski definition) is 3. The minimum atomic E-state index is 0.839. The summed E-state index contributed by atoms with van der Waals surface area (Å²) in [7, 11) is 0. The summed E-state index contributed by atoms with van der Waals surface area (Å²) in [6.07, 6.45) is 0. The van der Waals surface area contributed by atoms with Crippen LogP contribution in [0.2, 0.25) is 0 Å². The molecule has 0 radical (unpaired) electrons. The average Bonchev–Trinajstić information content (AvgIpc) is 4.08. The first-order valence-electron chi connectivity index (χ1n) is 20.3. The summed E-state index contributed by atoms with van der Waals surface area (Å²) in [6, 6.07) is 70.8. The maximum Gasteiger partial charge on any atom is 0.145 e. The molecule has 4 heterocycles. The zero-order chi connectivity index (χ0) is 39.3. The van der Waals surface area contributed by atoms with E-state index in [4.69, 9.17) is 13.8 Å². The number of fused-ring (bicyclic) bond motifs is 10. The molecule has 5 nitrogen and oxygen atoms in total. The molecule has 0 atom stereocenters. The standard InChI is InChI=1S/C55H33N3O2/c1-3-13-34(14-4-1)55-56-44-19-8-9-20-47(44)58(55)48-21-12-24-52-54(48)43-32-36(27-30-50(43)60-52)35-25-28-45-41(31-35)42-33-37(26-29-46(42)57(45)38-15-5-2-6-16-38)39-18-11-23-51-53(39)40-17-7-10-22-49(40)59-51/h1-33H. The molecule has 0 saturated carbocycles. The quantitative estimate of drug-likeness (QED) is 0.175. The largest absolute Gasteiger partial charge is 0.456 e. The third-order valence-electron chi connectivity index (χ3n) is 12.1. The second-order valence-corrected chi connectivity index (χ2v) is 15.5. The van der Waals surface area contributed by atoms with Crippen LogP contribution in [0, 0.1) is 0 Å². The Hall–Kier alpha value is -8.15. The monoisotopic (exact) mass is 767 g/mol. The van der Waals surface area contributed by atoms with E-state index in [-0.39, 0.29) is 0 Å². The second kappa shape index (κ2) is 12.7. The number of benzene rings is 9. The van der Waals surface area contributed by atoms with Gasteiger partial charge in [0.05, 0.1) is 33.1 Å². The Morgan fingerprint density at radius 1 is 0.350 bits per heavy atom. The Balaban J connectivity index is 1.03. The van der Waals surface area contributed by atoms with Crippen molar-refractivity contribution in [3.63, 3.8) is 0 Å². The number of para-hydroxylation sites is 4. The highest BCUT2D eigenvalue weighted by molar-refractivity contribution is 6.16. The van der Waals surface area contributed by atoms with E-state index in [9.17, 15) is 0 Å². The summed E-state index contributed by atoms with van der Waals surface area (Å²) >= 11 is 0. The molecule has 0 amide bonds. The smallest absolute Gasteiger partial charge is 0.145 e. The van der Waals surface area contributed by atoms with Crippen molar-refractivity contribution in [2.75, 3.05) is 0 Å². The number of furan rings is 2. The van der Waals surface area contributed by atoms with Crippen molar-refractivity contribution < 1.29 is 8.83 Å². The van der Waals surface area contributed by atoms with Gasteiger partial charge in [-0.15, -0.1) is 0 Å². The van der Waals surface area contributed by atoms with Gasteiger partial charge in [-0.25, -0.2) is 4.98 Å². The molecule has 0 aliphatic heterocycles. The minimum absolute atomic E-state index is 0.839. The highest BCUT2D eigenvalue weighted by atomic mass is 16.3. The van der Waals surface area contributed by atoms with Crippen LogP contribution in [-0.4, -0.2) is 14.1 Å². The first-order chi connectivity index (χ1) is 29.7. The molecule has 0 fully saturated rings. The summed E-state index contributed by atoms with van der Waals surface area (Å²) < 4.78 is 17.6. The van der Waals surface area contributed by atoms with Crippen molar-refractivity contribution >= 4 is 76.7 Å². The lowest BCUT2D eigenvalue weighted by Crippen LogP contribution is -1.98. The lowest BCUT2D eigenvalue weighted by atomic mass is 9.97. The highest BCUT2D eigenvalue weighted by Gasteiger charge is 2.21. The Morgan fingerprint density at radius 2 is 0.950 bits per heavy atom. The van der Waals surface area contributed by atoms with Gasteiger partial charge in [0, 0.05) is 38.2 Å². The van der Waals surface area contributed by atoms with Gasteiger partial charge in [0.1, 0.15) is 28.2 Å². The molecule has 60 heavy (non-hydrogen) atoms. The maximum atomic E-state index is 6.58. The third kappa shape index (κ3) is 4.84. The fourth-order valence-corrected chi connectivity index (χ4v) is 9.47. The van der Waals surface area contributed by atoms with Gasteiger partial charge in [-0.2, -0.15) is 0 Å². The molecular weight excluding hydrogens is 735 g/mol. The van der Waals surface area contributed by atoms with Crippen LogP contribution in [0.5, 0.6) is 0 Å². The lowest BCUT2D eigenvalue weighted by Gasteiger charge is -2.11. The molecule has 4 aromatic heterocycles. The Kier molecular flexibility index (Phi) is 6.95. The van der Waals surface area contributed by atoms with Gasteiger partial charge in [0.15, 0.2) is 0 Å². The Labute approximate surface area is 343 Å². The van der Waals surface area contributed by atoms with E-state index < -0.39 is 0 Å². The van der Waals surface area contributed by atoms with E-state index in [1.807, 2.05) is 24.3 Å². The molecule has 280 valence electrons. The van der Waals surface area contributed by atoms with E-state index in [0.29, 0.717) is 0 Å². The molecule has 0 unspecified atom stereocenters. The summed E-state index contributed by atoms with van der Waals surface area (Å²) in [6.45, 7) is 0. The zero-order valence-corrected chi connectivity index (χ0v) is 32.2. The molecule has 0 N–H and O–H groups in total. The molecule has 13 aromatic rings. The van der Waals surface area contributed by atoms with Crippen LogP contribution in [-0.2, 0) is 0 Å². The fourth-order valence-electron chi connectivity index (χ4n) is 9.47. The second-order valence-electron chi connectivity index (χ2n) is 15.5. The topological polar surface area (TPSA) is 49.0 Å². The normalized spacial score (nSPS) is 12.0. The first kappa shape index (κ1) is 32.9. The van der Waals surface area contributed by atoms with E-state index in [1.54, 1.807) is 0 Å². The van der Waals surface area contributed by atoms with Crippen LogP contribution >= 0.6 is 0 Å². The van der Waals surface area contributed by atoms with E-state index in [0.717, 1.165) is 111 Å². The molecular formula is C55H33N3O2. The van der Waals surface area contributed by atoms with Gasteiger partial charge in [0.25, 0.3) is 0 Å². The molecule has 5 heteroatoms.